The van der Waals surface area contributed by atoms with Crippen LogP contribution in [0, 0.1) is 0 Å². The number of hydrogen-bond acceptors (Lipinski definition) is 6. The van der Waals surface area contributed by atoms with Gasteiger partial charge in [0.15, 0.2) is 6.10 Å². The van der Waals surface area contributed by atoms with Gasteiger partial charge in [0.05, 0.1) is 12.8 Å². The second kappa shape index (κ2) is 64.5. The molecule has 0 N–H and O–H groups in total. The minimum Gasteiger partial charge on any atom is -0.462 e. The van der Waals surface area contributed by atoms with Crippen molar-refractivity contribution in [3.8, 4) is 0 Å². The minimum absolute atomic E-state index is 0.0651. The molecule has 0 aliphatic rings. The molecule has 0 aromatic rings. The molecule has 436 valence electrons. The molecule has 0 spiro atoms. The summed E-state index contributed by atoms with van der Waals surface area (Å²) >= 11 is 0. The lowest BCUT2D eigenvalue weighted by molar-refractivity contribution is -0.166. The Labute approximate surface area is 483 Å². The van der Waals surface area contributed by atoms with Crippen LogP contribution in [0.25, 0.3) is 0 Å². The van der Waals surface area contributed by atoms with E-state index >= 15 is 0 Å². The molecule has 0 rings (SSSR count). The monoisotopic (exact) mass is 1080 g/mol. The zero-order chi connectivity index (χ0) is 57.1. The molecular weight excluding hydrogens is 973 g/mol. The van der Waals surface area contributed by atoms with E-state index in [1.54, 1.807) is 12.2 Å². The van der Waals surface area contributed by atoms with Gasteiger partial charge in [-0.15, -0.1) is 0 Å². The van der Waals surface area contributed by atoms with Gasteiger partial charge >= 0.3 is 17.9 Å². The number of allylic oxidation sites excluding steroid dienone is 32. The standard InChI is InChI=1S/C73H108O6/c1-4-7-10-13-16-19-22-25-28-29-30-31-32-33-34-35-36-37-38-39-40-41-42-43-46-48-51-54-57-60-63-66-72(75)78-69-70(79-73(76)67-64-61-58-55-52-49-45-27-24-21-18-15-12-9-6-3)68-77-71(74)65-62-59-56-53-50-47-44-26-23-20-17-14-11-8-5-2/h7-12,16-21,25-28,30-31,33-34,36-37,39-40,44-45,50,52-53,55,59,61-62,64,70H,4-6,13-15,22-24,29,32,35,38,41-43,46-49,51,54,56-58,60,63,65-69H2,1-3H3/b10-7-,11-8-,12-9-,19-16-,20-17-,21-18-,28-25-,31-30-,34-33-,37-36-,40-39-,44-26-,45-27-,53-50-,55-52-,62-59-,64-61-. The molecule has 0 radical (unpaired) electrons. The molecule has 0 bridgehead atoms. The fourth-order valence-corrected chi connectivity index (χ4v) is 7.39. The van der Waals surface area contributed by atoms with Gasteiger partial charge in [-0.1, -0.05) is 272 Å². The average Bonchev–Trinajstić information content (AvgIpc) is 3.45. The van der Waals surface area contributed by atoms with Crippen molar-refractivity contribution >= 4 is 17.9 Å². The molecule has 79 heavy (non-hydrogen) atoms. The molecule has 6 nitrogen and oxygen atoms in total. The number of rotatable bonds is 52. The summed E-state index contributed by atoms with van der Waals surface area (Å²) in [6.45, 7) is 6.09. The van der Waals surface area contributed by atoms with Crippen LogP contribution < -0.4 is 0 Å². The van der Waals surface area contributed by atoms with Gasteiger partial charge < -0.3 is 14.2 Å². The second-order valence-corrected chi connectivity index (χ2v) is 19.1. The highest BCUT2D eigenvalue weighted by Gasteiger charge is 2.19. The Morgan fingerprint density at radius 2 is 0.506 bits per heavy atom. The predicted octanol–water partition coefficient (Wildman–Crippen LogP) is 21.2. The van der Waals surface area contributed by atoms with Crippen LogP contribution in [0.4, 0.5) is 0 Å². The molecule has 1 unspecified atom stereocenters. The molecule has 0 heterocycles. The zero-order valence-corrected chi connectivity index (χ0v) is 49.8. The Balaban J connectivity index is 4.47. The molecule has 0 aromatic carbocycles. The highest BCUT2D eigenvalue weighted by atomic mass is 16.6. The summed E-state index contributed by atoms with van der Waals surface area (Å²) in [4.78, 5) is 38.1. The third-order valence-electron chi connectivity index (χ3n) is 11.8. The van der Waals surface area contributed by atoms with Crippen LogP contribution in [0.3, 0.4) is 0 Å². The van der Waals surface area contributed by atoms with E-state index in [9.17, 15) is 14.4 Å². The second-order valence-electron chi connectivity index (χ2n) is 19.1. The van der Waals surface area contributed by atoms with Crippen molar-refractivity contribution in [2.75, 3.05) is 13.2 Å². The Bertz CT molecular complexity index is 1960. The van der Waals surface area contributed by atoms with E-state index in [1.807, 2.05) is 12.2 Å². The normalized spacial score (nSPS) is 13.6. The summed E-state index contributed by atoms with van der Waals surface area (Å²) in [5, 5.41) is 0. The fourth-order valence-electron chi connectivity index (χ4n) is 7.39. The van der Waals surface area contributed by atoms with Crippen LogP contribution >= 0.6 is 0 Å². The van der Waals surface area contributed by atoms with E-state index < -0.39 is 18.0 Å². The van der Waals surface area contributed by atoms with Crippen LogP contribution in [0.1, 0.15) is 213 Å². The van der Waals surface area contributed by atoms with Gasteiger partial charge in [-0.25, -0.2) is 0 Å². The third kappa shape index (κ3) is 62.7. The van der Waals surface area contributed by atoms with Crippen molar-refractivity contribution < 1.29 is 28.6 Å². The van der Waals surface area contributed by atoms with E-state index in [2.05, 4.69) is 203 Å². The van der Waals surface area contributed by atoms with Gasteiger partial charge in [0.1, 0.15) is 13.2 Å². The van der Waals surface area contributed by atoms with Crippen LogP contribution in [-0.4, -0.2) is 37.2 Å². The number of ether oxygens (including phenoxy) is 3. The van der Waals surface area contributed by atoms with Gasteiger partial charge in [-0.3, -0.25) is 14.4 Å². The number of esters is 3. The van der Waals surface area contributed by atoms with Crippen molar-refractivity contribution in [1.29, 1.82) is 0 Å². The topological polar surface area (TPSA) is 78.9 Å². The van der Waals surface area contributed by atoms with Crippen molar-refractivity contribution in [2.24, 2.45) is 0 Å². The largest absolute Gasteiger partial charge is 0.462 e. The predicted molar refractivity (Wildman–Crippen MR) is 343 cm³/mol. The maximum atomic E-state index is 12.8. The number of unbranched alkanes of at least 4 members (excludes halogenated alkanes) is 9. The first kappa shape index (κ1) is 73.0. The molecule has 1 atom stereocenters. The quantitative estimate of drug-likeness (QED) is 0.0261. The van der Waals surface area contributed by atoms with Crippen molar-refractivity contribution in [3.05, 3.63) is 207 Å². The lowest BCUT2D eigenvalue weighted by Crippen LogP contribution is -2.30. The smallest absolute Gasteiger partial charge is 0.310 e. The first-order valence-corrected chi connectivity index (χ1v) is 30.6. The van der Waals surface area contributed by atoms with Gasteiger partial charge in [0, 0.05) is 6.42 Å². The summed E-state index contributed by atoms with van der Waals surface area (Å²) in [5.74, 6) is -1.25. The van der Waals surface area contributed by atoms with Crippen molar-refractivity contribution in [1.82, 2.24) is 0 Å². The van der Waals surface area contributed by atoms with Crippen LogP contribution in [-0.2, 0) is 28.6 Å². The summed E-state index contributed by atoms with van der Waals surface area (Å²) in [5.41, 5.74) is 0. The third-order valence-corrected chi connectivity index (χ3v) is 11.8. The SMILES string of the molecule is CC/C=C\C/C=C\C/C=C\C/C=C\C/C=C\C/C=C\C/C=C\CCCCCCCCCCCC(=O)OCC(COC(=O)C/C=C\C/C=C\C/C=C\C/C=C\C/C=C\CC)OC(=O)C/C=C\C/C=C\C/C=C\C/C=C\C/C=C\CC. The van der Waals surface area contributed by atoms with E-state index in [4.69, 9.17) is 14.2 Å². The number of carbonyl (C=O) groups is 3. The molecule has 0 saturated carbocycles. The molecule has 0 aliphatic carbocycles. The summed E-state index contributed by atoms with van der Waals surface area (Å²) < 4.78 is 16.6. The lowest BCUT2D eigenvalue weighted by atomic mass is 10.1. The first-order chi connectivity index (χ1) is 39.0. The molecule has 6 heteroatoms. The summed E-state index contributed by atoms with van der Waals surface area (Å²) in [6.07, 6.45) is 100. The Morgan fingerprint density at radius 3 is 0.823 bits per heavy atom. The van der Waals surface area contributed by atoms with E-state index in [1.165, 1.54) is 38.5 Å². The molecule has 0 amide bonds. The van der Waals surface area contributed by atoms with Gasteiger partial charge in [-0.05, 0) is 128 Å². The highest BCUT2D eigenvalue weighted by molar-refractivity contribution is 5.72. The fraction of sp³-hybridized carbons (Fsp3) is 0.493. The van der Waals surface area contributed by atoms with E-state index in [0.717, 1.165) is 122 Å². The van der Waals surface area contributed by atoms with Crippen LogP contribution in [0.2, 0.25) is 0 Å². The molecule has 0 fully saturated rings. The maximum Gasteiger partial charge on any atom is 0.310 e. The van der Waals surface area contributed by atoms with E-state index in [-0.39, 0.29) is 32.0 Å². The molecule has 0 saturated heterocycles. The van der Waals surface area contributed by atoms with E-state index in [0.29, 0.717) is 19.3 Å². The number of carbonyl (C=O) groups excluding carboxylic acids is 3. The van der Waals surface area contributed by atoms with Gasteiger partial charge in [0.25, 0.3) is 0 Å². The lowest BCUT2D eigenvalue weighted by Gasteiger charge is -2.17. The Kier molecular flexibility index (Phi) is 59.6. The Hall–Kier alpha value is -6.01. The zero-order valence-electron chi connectivity index (χ0n) is 49.8. The molecule has 0 aliphatic heterocycles. The maximum absolute atomic E-state index is 12.8. The first-order valence-electron chi connectivity index (χ1n) is 30.6. The van der Waals surface area contributed by atoms with Crippen LogP contribution in [0.5, 0.6) is 0 Å². The molecular formula is C73H108O6. The van der Waals surface area contributed by atoms with Crippen LogP contribution in [0.15, 0.2) is 207 Å². The average molecular weight is 1080 g/mol. The van der Waals surface area contributed by atoms with Crippen molar-refractivity contribution in [2.45, 2.75) is 219 Å². The molecule has 0 aromatic heterocycles. The number of hydrogen-bond donors (Lipinski definition) is 0. The summed E-state index contributed by atoms with van der Waals surface area (Å²) in [7, 11) is 0. The minimum atomic E-state index is -0.888. The van der Waals surface area contributed by atoms with Crippen molar-refractivity contribution in [3.63, 3.8) is 0 Å². The Morgan fingerprint density at radius 1 is 0.266 bits per heavy atom. The summed E-state index contributed by atoms with van der Waals surface area (Å²) in [6, 6.07) is 0. The van der Waals surface area contributed by atoms with Gasteiger partial charge in [0.2, 0.25) is 0 Å². The highest BCUT2D eigenvalue weighted by Crippen LogP contribution is 2.13. The van der Waals surface area contributed by atoms with Gasteiger partial charge in [-0.2, -0.15) is 0 Å².